The van der Waals surface area contributed by atoms with Crippen LogP contribution in [0.3, 0.4) is 0 Å². The highest BCUT2D eigenvalue weighted by molar-refractivity contribution is 5.90. The first kappa shape index (κ1) is 15.4. The van der Waals surface area contributed by atoms with Gasteiger partial charge in [-0.1, -0.05) is 30.3 Å². The molecule has 0 radical (unpaired) electrons. The fourth-order valence-corrected chi connectivity index (χ4v) is 3.19. The Morgan fingerprint density at radius 3 is 2.83 bits per heavy atom. The standard InChI is InChI=1S/C19H22N2O2/c1-14-7-3-4-10-17(14)18-11-6-12-21(18)19(22)20-15-8-5-9-16(13-15)23-2/h3-5,7-10,13,18H,6,11-12H2,1-2H3,(H,20,22)/t18-/m0/s1. The van der Waals surface area contributed by atoms with Crippen molar-refractivity contribution >= 4 is 11.7 Å². The molecule has 0 aromatic heterocycles. The number of amides is 2. The van der Waals surface area contributed by atoms with Crippen molar-refractivity contribution in [2.75, 3.05) is 19.0 Å². The summed E-state index contributed by atoms with van der Waals surface area (Å²) >= 11 is 0. The lowest BCUT2D eigenvalue weighted by Gasteiger charge is -2.26. The van der Waals surface area contributed by atoms with Crippen molar-refractivity contribution in [1.29, 1.82) is 0 Å². The van der Waals surface area contributed by atoms with Crippen LogP contribution in [-0.2, 0) is 0 Å². The van der Waals surface area contributed by atoms with Crippen LogP contribution in [0.4, 0.5) is 10.5 Å². The lowest BCUT2D eigenvalue weighted by Crippen LogP contribution is -2.34. The Hall–Kier alpha value is -2.49. The van der Waals surface area contributed by atoms with Gasteiger partial charge in [0.15, 0.2) is 0 Å². The average Bonchev–Trinajstić information content (AvgIpc) is 3.05. The number of anilines is 1. The molecule has 1 N–H and O–H groups in total. The number of aryl methyl sites for hydroxylation is 1. The first-order valence-electron chi connectivity index (χ1n) is 7.96. The van der Waals surface area contributed by atoms with Gasteiger partial charge in [-0.2, -0.15) is 0 Å². The smallest absolute Gasteiger partial charge is 0.322 e. The number of hydrogen-bond donors (Lipinski definition) is 1. The quantitative estimate of drug-likeness (QED) is 0.914. The Balaban J connectivity index is 1.77. The third kappa shape index (κ3) is 3.31. The van der Waals surface area contributed by atoms with E-state index in [0.717, 1.165) is 30.8 Å². The molecule has 1 aliphatic rings. The molecule has 1 atom stereocenters. The number of nitrogens with zero attached hydrogens (tertiary/aromatic N) is 1. The molecule has 0 saturated carbocycles. The minimum absolute atomic E-state index is 0.0518. The van der Waals surface area contributed by atoms with E-state index >= 15 is 0 Å². The van der Waals surface area contributed by atoms with E-state index in [9.17, 15) is 4.79 Å². The molecule has 0 bridgehead atoms. The number of urea groups is 1. The molecule has 0 spiro atoms. The molecule has 23 heavy (non-hydrogen) atoms. The van der Waals surface area contributed by atoms with Crippen LogP contribution in [0.1, 0.15) is 30.0 Å². The summed E-state index contributed by atoms with van der Waals surface area (Å²) in [6, 6.07) is 15.8. The van der Waals surface area contributed by atoms with Gasteiger partial charge in [0, 0.05) is 18.3 Å². The van der Waals surface area contributed by atoms with Gasteiger partial charge in [0.25, 0.3) is 0 Å². The van der Waals surface area contributed by atoms with E-state index in [2.05, 4.69) is 24.4 Å². The molecule has 2 aromatic carbocycles. The fraction of sp³-hybridized carbons (Fsp3) is 0.316. The molecule has 1 saturated heterocycles. The Morgan fingerprint density at radius 1 is 1.22 bits per heavy atom. The maximum atomic E-state index is 12.7. The number of methoxy groups -OCH3 is 1. The summed E-state index contributed by atoms with van der Waals surface area (Å²) in [5.41, 5.74) is 3.23. The minimum Gasteiger partial charge on any atom is -0.497 e. The molecule has 120 valence electrons. The van der Waals surface area contributed by atoms with Crippen molar-refractivity contribution in [3.05, 3.63) is 59.7 Å². The van der Waals surface area contributed by atoms with Crippen molar-refractivity contribution in [2.45, 2.75) is 25.8 Å². The topological polar surface area (TPSA) is 41.6 Å². The number of carbonyl (C=O) groups is 1. The summed E-state index contributed by atoms with van der Waals surface area (Å²) in [6.45, 7) is 2.89. The lowest BCUT2D eigenvalue weighted by atomic mass is 9.99. The van der Waals surface area contributed by atoms with E-state index in [1.54, 1.807) is 7.11 Å². The van der Waals surface area contributed by atoms with Crippen LogP contribution in [0.15, 0.2) is 48.5 Å². The molecule has 4 nitrogen and oxygen atoms in total. The second kappa shape index (κ2) is 6.73. The van der Waals surface area contributed by atoms with E-state index in [0.29, 0.717) is 0 Å². The summed E-state index contributed by atoms with van der Waals surface area (Å²) in [4.78, 5) is 14.6. The van der Waals surface area contributed by atoms with Crippen LogP contribution in [-0.4, -0.2) is 24.6 Å². The maximum absolute atomic E-state index is 12.7. The van der Waals surface area contributed by atoms with Crippen LogP contribution >= 0.6 is 0 Å². The Kier molecular flexibility index (Phi) is 4.51. The van der Waals surface area contributed by atoms with Gasteiger partial charge in [0.1, 0.15) is 5.75 Å². The predicted molar refractivity (Wildman–Crippen MR) is 91.9 cm³/mol. The van der Waals surface area contributed by atoms with Crippen LogP contribution in [0, 0.1) is 6.92 Å². The van der Waals surface area contributed by atoms with E-state index in [1.807, 2.05) is 41.3 Å². The number of carbonyl (C=O) groups excluding carboxylic acids is 1. The molecular weight excluding hydrogens is 288 g/mol. The SMILES string of the molecule is COc1cccc(NC(=O)N2CCC[C@H]2c2ccccc2C)c1. The highest BCUT2D eigenvalue weighted by Crippen LogP contribution is 2.34. The second-order valence-corrected chi connectivity index (χ2v) is 5.87. The van der Waals surface area contributed by atoms with Gasteiger partial charge in [-0.25, -0.2) is 4.79 Å². The first-order chi connectivity index (χ1) is 11.2. The largest absolute Gasteiger partial charge is 0.497 e. The number of hydrogen-bond acceptors (Lipinski definition) is 2. The zero-order valence-corrected chi connectivity index (χ0v) is 13.6. The van der Waals surface area contributed by atoms with Gasteiger partial charge in [0.05, 0.1) is 13.2 Å². The predicted octanol–water partition coefficient (Wildman–Crippen LogP) is 4.37. The highest BCUT2D eigenvalue weighted by Gasteiger charge is 2.30. The number of likely N-dealkylation sites (tertiary alicyclic amines) is 1. The monoisotopic (exact) mass is 310 g/mol. The molecule has 2 aromatic rings. The van der Waals surface area contributed by atoms with E-state index in [-0.39, 0.29) is 12.1 Å². The molecular formula is C19H22N2O2. The van der Waals surface area contributed by atoms with Crippen molar-refractivity contribution in [2.24, 2.45) is 0 Å². The number of nitrogens with one attached hydrogen (secondary N) is 1. The number of benzene rings is 2. The summed E-state index contributed by atoms with van der Waals surface area (Å²) in [5.74, 6) is 0.736. The molecule has 3 rings (SSSR count). The van der Waals surface area contributed by atoms with Crippen molar-refractivity contribution < 1.29 is 9.53 Å². The number of ether oxygens (including phenoxy) is 1. The van der Waals surface area contributed by atoms with Crippen LogP contribution in [0.25, 0.3) is 0 Å². The van der Waals surface area contributed by atoms with Crippen LogP contribution < -0.4 is 10.1 Å². The highest BCUT2D eigenvalue weighted by atomic mass is 16.5. The van der Waals surface area contributed by atoms with E-state index in [1.165, 1.54) is 11.1 Å². The van der Waals surface area contributed by atoms with Crippen LogP contribution in [0.2, 0.25) is 0 Å². The summed E-state index contributed by atoms with van der Waals surface area (Å²) in [6.07, 6.45) is 2.04. The Labute approximate surface area is 137 Å². The average molecular weight is 310 g/mol. The summed E-state index contributed by atoms with van der Waals surface area (Å²) in [5, 5.41) is 2.98. The Morgan fingerprint density at radius 2 is 2.04 bits per heavy atom. The molecule has 1 aliphatic heterocycles. The molecule has 2 amide bonds. The third-order valence-electron chi connectivity index (χ3n) is 4.38. The molecule has 4 heteroatoms. The van der Waals surface area contributed by atoms with Gasteiger partial charge in [0.2, 0.25) is 0 Å². The van der Waals surface area contributed by atoms with Crippen LogP contribution in [0.5, 0.6) is 5.75 Å². The molecule has 1 fully saturated rings. The van der Waals surface area contributed by atoms with Gasteiger partial charge in [-0.05, 0) is 43.0 Å². The van der Waals surface area contributed by atoms with E-state index in [4.69, 9.17) is 4.74 Å². The van der Waals surface area contributed by atoms with Gasteiger partial charge in [-0.15, -0.1) is 0 Å². The number of rotatable bonds is 3. The van der Waals surface area contributed by atoms with E-state index < -0.39 is 0 Å². The van der Waals surface area contributed by atoms with Crippen molar-refractivity contribution in [1.82, 2.24) is 4.90 Å². The van der Waals surface area contributed by atoms with Crippen molar-refractivity contribution in [3.8, 4) is 5.75 Å². The molecule has 0 aliphatic carbocycles. The third-order valence-corrected chi connectivity index (χ3v) is 4.38. The zero-order valence-electron chi connectivity index (χ0n) is 13.6. The summed E-state index contributed by atoms with van der Waals surface area (Å²) in [7, 11) is 1.62. The normalized spacial score (nSPS) is 17.1. The van der Waals surface area contributed by atoms with Gasteiger partial charge < -0.3 is 15.0 Å². The second-order valence-electron chi connectivity index (χ2n) is 5.87. The first-order valence-corrected chi connectivity index (χ1v) is 7.96. The fourth-order valence-electron chi connectivity index (χ4n) is 3.19. The van der Waals surface area contributed by atoms with Crippen molar-refractivity contribution in [3.63, 3.8) is 0 Å². The van der Waals surface area contributed by atoms with Gasteiger partial charge in [-0.3, -0.25) is 0 Å². The lowest BCUT2D eigenvalue weighted by molar-refractivity contribution is 0.207. The van der Waals surface area contributed by atoms with Gasteiger partial charge >= 0.3 is 6.03 Å². The molecule has 0 unspecified atom stereocenters. The Bertz CT molecular complexity index is 699. The minimum atomic E-state index is -0.0518. The zero-order chi connectivity index (χ0) is 16.2. The summed E-state index contributed by atoms with van der Waals surface area (Å²) < 4.78 is 5.20. The maximum Gasteiger partial charge on any atom is 0.322 e. The molecule has 1 heterocycles.